The maximum atomic E-state index is 12.7. The second-order valence-electron chi connectivity index (χ2n) is 9.44. The number of carbonyl (C=O) groups excluding carboxylic acids is 3. The van der Waals surface area contributed by atoms with E-state index in [1.54, 1.807) is 0 Å². The number of unbranched alkanes of at least 4 members (excludes halogenated alkanes) is 5. The summed E-state index contributed by atoms with van der Waals surface area (Å²) in [6, 6.07) is 8.76. The highest BCUT2D eigenvalue weighted by Gasteiger charge is 2.39. The molecule has 1 aromatic rings. The van der Waals surface area contributed by atoms with E-state index in [4.69, 9.17) is 14.0 Å². The molecule has 3 unspecified atom stereocenters. The number of amides is 1. The fourth-order valence-corrected chi connectivity index (χ4v) is 4.96. The molecule has 1 aliphatic heterocycles. The lowest BCUT2D eigenvalue weighted by Gasteiger charge is -2.13. The van der Waals surface area contributed by atoms with Gasteiger partial charge in [0.2, 0.25) is 6.10 Å². The predicted molar refractivity (Wildman–Crippen MR) is 142 cm³/mol. The molecule has 212 valence electrons. The van der Waals surface area contributed by atoms with Gasteiger partial charge >= 0.3 is 26.1 Å². The molecule has 0 aliphatic carbocycles. The second-order valence-corrected chi connectivity index (χ2v) is 10.8. The van der Waals surface area contributed by atoms with Gasteiger partial charge < -0.3 is 25.2 Å². The topological polar surface area (TPSA) is 140 Å². The lowest BCUT2D eigenvalue weighted by Crippen LogP contribution is -2.37. The summed E-state index contributed by atoms with van der Waals surface area (Å²) in [5.41, 5.74) is 0.876. The maximum Gasteiger partial charge on any atom is 0.541 e. The summed E-state index contributed by atoms with van der Waals surface area (Å²) >= 11 is 0. The Hall–Kier alpha value is -2.39. The summed E-state index contributed by atoms with van der Waals surface area (Å²) in [6.07, 6.45) is 5.79. The Morgan fingerprint density at radius 2 is 1.82 bits per heavy atom. The smallest absolute Gasteiger partial charge is 0.445 e. The van der Waals surface area contributed by atoms with Gasteiger partial charge in [-0.15, -0.1) is 4.52 Å². The molecule has 0 radical (unpaired) electrons. The Bertz CT molecular complexity index is 864. The number of hydrogen-bond donors (Lipinski definition) is 3. The van der Waals surface area contributed by atoms with Crippen LogP contribution in [-0.4, -0.2) is 54.2 Å². The Labute approximate surface area is 226 Å². The van der Waals surface area contributed by atoms with Gasteiger partial charge in [-0.05, 0) is 55.2 Å². The largest absolute Gasteiger partial charge is 0.541 e. The zero-order valence-electron chi connectivity index (χ0n) is 22.3. The SMILES string of the molecule is CCCCCCCC(O)[P+](=O)OC(CCCCNC(=O)OCc1ccccc1)C(=O)OC(=O)[C@@H]1CCCN1. The van der Waals surface area contributed by atoms with Crippen molar-refractivity contribution < 1.29 is 38.1 Å². The highest BCUT2D eigenvalue weighted by atomic mass is 31.1. The number of aliphatic hydroxyl groups is 1. The van der Waals surface area contributed by atoms with Crippen LogP contribution in [0.4, 0.5) is 4.79 Å². The van der Waals surface area contributed by atoms with Crippen molar-refractivity contribution in [2.45, 2.75) is 102 Å². The van der Waals surface area contributed by atoms with Gasteiger partial charge in [0, 0.05) is 13.0 Å². The lowest BCUT2D eigenvalue weighted by molar-refractivity contribution is -0.166. The number of rotatable bonds is 18. The average Bonchev–Trinajstić information content (AvgIpc) is 3.46. The van der Waals surface area contributed by atoms with Crippen molar-refractivity contribution in [3.8, 4) is 0 Å². The normalized spacial score (nSPS) is 16.9. The Balaban J connectivity index is 1.78. The highest BCUT2D eigenvalue weighted by molar-refractivity contribution is 7.39. The molecular weight excluding hydrogens is 511 g/mol. The van der Waals surface area contributed by atoms with E-state index >= 15 is 0 Å². The first kappa shape index (κ1) is 31.8. The first-order chi connectivity index (χ1) is 18.4. The first-order valence-corrected chi connectivity index (χ1v) is 14.9. The van der Waals surface area contributed by atoms with Crippen molar-refractivity contribution in [1.82, 2.24) is 10.6 Å². The summed E-state index contributed by atoms with van der Waals surface area (Å²) in [4.78, 5) is 36.9. The minimum atomic E-state index is -2.55. The number of ether oxygens (including phenoxy) is 2. The Morgan fingerprint density at radius 1 is 1.08 bits per heavy atom. The molecule has 3 N–H and O–H groups in total. The van der Waals surface area contributed by atoms with Crippen LogP contribution in [0.1, 0.15) is 83.1 Å². The monoisotopic (exact) mass is 553 g/mol. The molecule has 0 aromatic heterocycles. The molecule has 4 atom stereocenters. The number of nitrogens with one attached hydrogen (secondary N) is 2. The van der Waals surface area contributed by atoms with Crippen molar-refractivity contribution in [2.75, 3.05) is 13.1 Å². The molecule has 10 nitrogen and oxygen atoms in total. The molecule has 1 aromatic carbocycles. The number of carbonyl (C=O) groups is 3. The van der Waals surface area contributed by atoms with Crippen LogP contribution in [0.2, 0.25) is 0 Å². The minimum Gasteiger partial charge on any atom is -0.445 e. The molecule has 1 amide bonds. The van der Waals surface area contributed by atoms with E-state index in [1.807, 2.05) is 30.3 Å². The Kier molecular flexibility index (Phi) is 15.7. The third kappa shape index (κ3) is 12.9. The number of aliphatic hydroxyl groups excluding tert-OH is 1. The van der Waals surface area contributed by atoms with Crippen molar-refractivity contribution in [3.05, 3.63) is 35.9 Å². The summed E-state index contributed by atoms with van der Waals surface area (Å²) in [5.74, 6) is -2.80. The Morgan fingerprint density at radius 3 is 2.53 bits per heavy atom. The van der Waals surface area contributed by atoms with Crippen LogP contribution in [0.15, 0.2) is 30.3 Å². The summed E-state index contributed by atoms with van der Waals surface area (Å²) in [5, 5.41) is 15.9. The zero-order chi connectivity index (χ0) is 27.6. The summed E-state index contributed by atoms with van der Waals surface area (Å²) in [7, 11) is -2.55. The van der Waals surface area contributed by atoms with E-state index in [1.165, 1.54) is 0 Å². The number of benzene rings is 1. The molecule has 1 heterocycles. The zero-order valence-corrected chi connectivity index (χ0v) is 23.2. The molecule has 1 aliphatic rings. The minimum absolute atomic E-state index is 0.120. The van der Waals surface area contributed by atoms with Gasteiger partial charge in [-0.1, -0.05) is 62.9 Å². The fourth-order valence-electron chi connectivity index (χ4n) is 3.99. The molecule has 38 heavy (non-hydrogen) atoms. The third-order valence-corrected chi connectivity index (χ3v) is 7.43. The van der Waals surface area contributed by atoms with Crippen molar-refractivity contribution in [1.29, 1.82) is 0 Å². The van der Waals surface area contributed by atoms with Gasteiger partial charge in [-0.25, -0.2) is 14.4 Å². The second kappa shape index (κ2) is 18.8. The summed E-state index contributed by atoms with van der Waals surface area (Å²) < 4.78 is 28.2. The maximum absolute atomic E-state index is 12.7. The van der Waals surface area contributed by atoms with E-state index in [0.717, 1.165) is 37.7 Å². The van der Waals surface area contributed by atoms with Crippen LogP contribution in [0.5, 0.6) is 0 Å². The van der Waals surface area contributed by atoms with E-state index in [9.17, 15) is 24.1 Å². The van der Waals surface area contributed by atoms with Gasteiger partial charge in [0.05, 0.1) is 0 Å². The van der Waals surface area contributed by atoms with E-state index in [-0.39, 0.29) is 13.0 Å². The van der Waals surface area contributed by atoms with Crippen LogP contribution >= 0.6 is 8.03 Å². The average molecular weight is 554 g/mol. The van der Waals surface area contributed by atoms with E-state index in [0.29, 0.717) is 45.2 Å². The van der Waals surface area contributed by atoms with Crippen molar-refractivity contribution >= 4 is 26.1 Å². The van der Waals surface area contributed by atoms with Gasteiger partial charge in [0.1, 0.15) is 12.6 Å². The molecule has 0 saturated carbocycles. The number of esters is 2. The quantitative estimate of drug-likeness (QED) is 0.102. The molecule has 2 rings (SSSR count). The summed E-state index contributed by atoms with van der Waals surface area (Å²) in [6.45, 7) is 3.24. The molecule has 1 fully saturated rings. The van der Waals surface area contributed by atoms with Crippen molar-refractivity contribution in [3.63, 3.8) is 0 Å². The van der Waals surface area contributed by atoms with Gasteiger partial charge in [-0.2, -0.15) is 0 Å². The standard InChI is InChI=1S/C27H41N2O8P/c1-2-3-4-5-9-17-24(30)38(34)37-23(26(32)36-25(31)22-15-12-19-28-22)16-10-11-18-29-27(33)35-20-21-13-7-6-8-14-21/h6-8,13-14,22-24,28,30H,2-5,9-12,15-20H2,1H3/p+1/t22-,23?,24?/m0/s1. The highest BCUT2D eigenvalue weighted by Crippen LogP contribution is 2.34. The molecule has 11 heteroatoms. The van der Waals surface area contributed by atoms with Crippen LogP contribution in [0, 0.1) is 0 Å². The van der Waals surface area contributed by atoms with Crippen LogP contribution < -0.4 is 10.6 Å². The van der Waals surface area contributed by atoms with Crippen LogP contribution in [-0.2, 0) is 34.8 Å². The van der Waals surface area contributed by atoms with Crippen LogP contribution in [0.3, 0.4) is 0 Å². The van der Waals surface area contributed by atoms with E-state index < -0.39 is 44.1 Å². The molecular formula is C27H42N2O8P+. The lowest BCUT2D eigenvalue weighted by atomic mass is 10.1. The molecule has 0 bridgehead atoms. The van der Waals surface area contributed by atoms with Gasteiger partial charge in [0.25, 0.3) is 5.85 Å². The number of hydrogen-bond acceptors (Lipinski definition) is 9. The third-order valence-electron chi connectivity index (χ3n) is 6.22. The fraction of sp³-hybridized carbons (Fsp3) is 0.667. The number of alkyl carbamates (subject to hydrolysis) is 1. The predicted octanol–water partition coefficient (Wildman–Crippen LogP) is 4.71. The van der Waals surface area contributed by atoms with Gasteiger partial charge in [-0.3, -0.25) is 0 Å². The first-order valence-electron chi connectivity index (χ1n) is 13.6. The molecule has 1 saturated heterocycles. The molecule has 0 spiro atoms. The van der Waals surface area contributed by atoms with Gasteiger partial charge in [0.15, 0.2) is 0 Å². The van der Waals surface area contributed by atoms with Crippen molar-refractivity contribution in [2.24, 2.45) is 0 Å². The van der Waals surface area contributed by atoms with E-state index in [2.05, 4.69) is 17.6 Å². The van der Waals surface area contributed by atoms with Crippen LogP contribution in [0.25, 0.3) is 0 Å².